The number of fused-ring (bicyclic) bond motifs is 1. The van der Waals surface area contributed by atoms with Gasteiger partial charge in [-0.25, -0.2) is 4.98 Å². The molecule has 2 aromatic heterocycles. The number of hydrogen-bond acceptors (Lipinski definition) is 4. The summed E-state index contributed by atoms with van der Waals surface area (Å²) in [6, 6.07) is 8.73. The van der Waals surface area contributed by atoms with E-state index in [0.29, 0.717) is 11.9 Å². The molecule has 6 nitrogen and oxygen atoms in total. The summed E-state index contributed by atoms with van der Waals surface area (Å²) in [7, 11) is 4.23. The molecule has 0 saturated heterocycles. The predicted octanol–water partition coefficient (Wildman–Crippen LogP) is 3.68. The minimum Gasteiger partial charge on any atom is -0.310 e. The zero-order valence-electron chi connectivity index (χ0n) is 15.8. The molecular weight excluding hydrogens is 338 g/mol. The molecule has 0 atom stereocenters. The fraction of sp³-hybridized carbons (Fsp3) is 0.381. The smallest absolute Gasteiger partial charge is 0.228 e. The van der Waals surface area contributed by atoms with Gasteiger partial charge in [-0.05, 0) is 62.9 Å². The minimum atomic E-state index is 0.0796. The first-order chi connectivity index (χ1) is 13.1. The molecule has 1 amide bonds. The Morgan fingerprint density at radius 2 is 1.89 bits per heavy atom. The lowest BCUT2D eigenvalue weighted by atomic mass is 9.85. The van der Waals surface area contributed by atoms with Crippen LogP contribution in [0.4, 0.5) is 5.82 Å². The van der Waals surface area contributed by atoms with Gasteiger partial charge in [0.2, 0.25) is 5.91 Å². The molecular formula is C21H25N5O. The Hall–Kier alpha value is -2.73. The molecule has 27 heavy (non-hydrogen) atoms. The average Bonchev–Trinajstić information content (AvgIpc) is 3.22. The SMILES string of the molecule is CN(C)[C@H]1CC[C@H](C(=O)Nc2cc3cc(-c4cn[nH]c4)ccc3cn2)CC1. The molecule has 0 aliphatic heterocycles. The summed E-state index contributed by atoms with van der Waals surface area (Å²) in [5.41, 5.74) is 2.12. The molecule has 6 heteroatoms. The van der Waals surface area contributed by atoms with Gasteiger partial charge in [-0.2, -0.15) is 5.10 Å². The number of carbonyl (C=O) groups excluding carboxylic acids is 1. The molecule has 1 fully saturated rings. The highest BCUT2D eigenvalue weighted by molar-refractivity contribution is 5.95. The van der Waals surface area contributed by atoms with E-state index in [-0.39, 0.29) is 11.8 Å². The van der Waals surface area contributed by atoms with Crippen LogP contribution in [0.2, 0.25) is 0 Å². The number of aromatic amines is 1. The van der Waals surface area contributed by atoms with Crippen LogP contribution in [0.5, 0.6) is 0 Å². The maximum atomic E-state index is 12.7. The summed E-state index contributed by atoms with van der Waals surface area (Å²) in [6.45, 7) is 0. The summed E-state index contributed by atoms with van der Waals surface area (Å²) >= 11 is 0. The van der Waals surface area contributed by atoms with Gasteiger partial charge in [0.15, 0.2) is 0 Å². The molecule has 4 rings (SSSR count). The highest BCUT2D eigenvalue weighted by Crippen LogP contribution is 2.28. The average molecular weight is 363 g/mol. The summed E-state index contributed by atoms with van der Waals surface area (Å²) in [5, 5.41) is 12.0. The van der Waals surface area contributed by atoms with Crippen LogP contribution < -0.4 is 5.32 Å². The van der Waals surface area contributed by atoms with Crippen LogP contribution in [0.3, 0.4) is 0 Å². The molecule has 0 radical (unpaired) electrons. The van der Waals surface area contributed by atoms with Crippen LogP contribution in [0, 0.1) is 5.92 Å². The zero-order valence-corrected chi connectivity index (χ0v) is 15.8. The topological polar surface area (TPSA) is 73.9 Å². The Labute approximate surface area is 159 Å². The molecule has 1 saturated carbocycles. The normalized spacial score (nSPS) is 20.1. The summed E-state index contributed by atoms with van der Waals surface area (Å²) in [4.78, 5) is 19.3. The quantitative estimate of drug-likeness (QED) is 0.741. The third-order valence-corrected chi connectivity index (χ3v) is 5.60. The van der Waals surface area contributed by atoms with E-state index in [4.69, 9.17) is 0 Å². The Balaban J connectivity index is 1.48. The molecule has 0 spiro atoms. The van der Waals surface area contributed by atoms with Crippen molar-refractivity contribution in [2.45, 2.75) is 31.7 Å². The van der Waals surface area contributed by atoms with Crippen molar-refractivity contribution in [3.8, 4) is 11.1 Å². The lowest BCUT2D eigenvalue weighted by Gasteiger charge is -2.31. The van der Waals surface area contributed by atoms with Crippen molar-refractivity contribution in [3.05, 3.63) is 42.9 Å². The van der Waals surface area contributed by atoms with Gasteiger partial charge in [0.05, 0.1) is 6.20 Å². The van der Waals surface area contributed by atoms with Gasteiger partial charge in [-0.15, -0.1) is 0 Å². The van der Waals surface area contributed by atoms with E-state index in [0.717, 1.165) is 47.6 Å². The predicted molar refractivity (Wildman–Crippen MR) is 107 cm³/mol. The Kier molecular flexibility index (Phi) is 4.90. The number of hydrogen-bond donors (Lipinski definition) is 2. The van der Waals surface area contributed by atoms with Gasteiger partial charge in [-0.3, -0.25) is 9.89 Å². The number of nitrogens with zero attached hydrogens (tertiary/aromatic N) is 3. The second kappa shape index (κ2) is 7.48. The van der Waals surface area contributed by atoms with E-state index in [9.17, 15) is 4.79 Å². The summed E-state index contributed by atoms with van der Waals surface area (Å²) < 4.78 is 0. The number of nitrogens with one attached hydrogen (secondary N) is 2. The van der Waals surface area contributed by atoms with E-state index in [2.05, 4.69) is 51.6 Å². The Morgan fingerprint density at radius 1 is 1.07 bits per heavy atom. The largest absolute Gasteiger partial charge is 0.310 e. The lowest BCUT2D eigenvalue weighted by Crippen LogP contribution is -2.35. The van der Waals surface area contributed by atoms with Gasteiger partial charge in [0.25, 0.3) is 0 Å². The van der Waals surface area contributed by atoms with Crippen LogP contribution in [-0.4, -0.2) is 46.1 Å². The molecule has 1 aliphatic rings. The van der Waals surface area contributed by atoms with E-state index in [1.165, 1.54) is 0 Å². The van der Waals surface area contributed by atoms with Crippen molar-refractivity contribution in [1.29, 1.82) is 0 Å². The molecule has 0 unspecified atom stereocenters. The number of amides is 1. The second-order valence-corrected chi connectivity index (χ2v) is 7.58. The number of pyridine rings is 1. The Morgan fingerprint density at radius 3 is 2.59 bits per heavy atom. The van der Waals surface area contributed by atoms with Crippen LogP contribution in [0.25, 0.3) is 21.9 Å². The fourth-order valence-corrected chi connectivity index (χ4v) is 3.88. The molecule has 1 aliphatic carbocycles. The second-order valence-electron chi connectivity index (χ2n) is 7.58. The molecule has 3 aromatic rings. The number of carbonyl (C=O) groups is 1. The van der Waals surface area contributed by atoms with Gasteiger partial charge in [0, 0.05) is 35.3 Å². The van der Waals surface area contributed by atoms with Crippen LogP contribution in [0.1, 0.15) is 25.7 Å². The van der Waals surface area contributed by atoms with E-state index in [1.54, 1.807) is 6.20 Å². The maximum Gasteiger partial charge on any atom is 0.228 e. The number of H-pyrrole nitrogens is 1. The highest BCUT2D eigenvalue weighted by atomic mass is 16.1. The number of rotatable bonds is 4. The highest BCUT2D eigenvalue weighted by Gasteiger charge is 2.27. The molecule has 140 valence electrons. The Bertz CT molecular complexity index is 927. The van der Waals surface area contributed by atoms with Crippen LogP contribution in [-0.2, 0) is 4.79 Å². The first kappa shape index (κ1) is 17.7. The van der Waals surface area contributed by atoms with Crippen LogP contribution >= 0.6 is 0 Å². The zero-order chi connectivity index (χ0) is 18.8. The lowest BCUT2D eigenvalue weighted by molar-refractivity contribution is -0.121. The van der Waals surface area contributed by atoms with Crippen LogP contribution in [0.15, 0.2) is 42.9 Å². The number of aromatic nitrogens is 3. The first-order valence-electron chi connectivity index (χ1n) is 9.46. The van der Waals surface area contributed by atoms with Crippen molar-refractivity contribution in [1.82, 2.24) is 20.1 Å². The first-order valence-corrected chi connectivity index (χ1v) is 9.46. The molecule has 2 heterocycles. The van der Waals surface area contributed by atoms with Crippen molar-refractivity contribution in [3.63, 3.8) is 0 Å². The van der Waals surface area contributed by atoms with Crippen molar-refractivity contribution in [2.75, 3.05) is 19.4 Å². The summed E-state index contributed by atoms with van der Waals surface area (Å²) in [5.74, 6) is 0.785. The van der Waals surface area contributed by atoms with Crippen molar-refractivity contribution < 1.29 is 4.79 Å². The van der Waals surface area contributed by atoms with E-state index in [1.807, 2.05) is 24.5 Å². The van der Waals surface area contributed by atoms with Crippen molar-refractivity contribution in [2.24, 2.45) is 5.92 Å². The van der Waals surface area contributed by atoms with E-state index >= 15 is 0 Å². The third-order valence-electron chi connectivity index (χ3n) is 5.60. The molecule has 0 bridgehead atoms. The van der Waals surface area contributed by atoms with E-state index < -0.39 is 0 Å². The number of benzene rings is 1. The van der Waals surface area contributed by atoms with Gasteiger partial charge in [0.1, 0.15) is 5.82 Å². The van der Waals surface area contributed by atoms with Crippen molar-refractivity contribution >= 4 is 22.5 Å². The van der Waals surface area contributed by atoms with Gasteiger partial charge < -0.3 is 10.2 Å². The standard InChI is InChI=1S/C21H25N5O/c1-26(2)19-7-5-14(6-8-19)21(27)25-20-10-17-9-15(18-12-23-24-13-18)3-4-16(17)11-22-20/h3-4,9-14,19H,5-8H2,1-2H3,(H,23,24)(H,22,25,27)/t14-,19-. The van der Waals surface area contributed by atoms with Gasteiger partial charge >= 0.3 is 0 Å². The monoisotopic (exact) mass is 363 g/mol. The molecule has 2 N–H and O–H groups in total. The maximum absolute atomic E-state index is 12.7. The van der Waals surface area contributed by atoms with Gasteiger partial charge in [-0.1, -0.05) is 12.1 Å². The minimum absolute atomic E-state index is 0.0796. The fourth-order valence-electron chi connectivity index (χ4n) is 3.88. The molecule has 1 aromatic carbocycles. The summed E-state index contributed by atoms with van der Waals surface area (Å²) in [6.07, 6.45) is 9.51. The third kappa shape index (κ3) is 3.85. The number of anilines is 1.